The molecule has 172 valence electrons. The van der Waals surface area contributed by atoms with E-state index in [4.69, 9.17) is 0 Å². The maximum Gasteiger partial charge on any atom is 0.255 e. The molecule has 1 saturated heterocycles. The second-order valence-corrected chi connectivity index (χ2v) is 8.84. The zero-order valence-electron chi connectivity index (χ0n) is 18.9. The van der Waals surface area contributed by atoms with Crippen LogP contribution in [0, 0.1) is 25.6 Å². The summed E-state index contributed by atoms with van der Waals surface area (Å²) < 4.78 is 14.9. The summed E-state index contributed by atoms with van der Waals surface area (Å²) in [6.45, 7) is 8.17. The Bertz CT molecular complexity index is 958. The monoisotopic (exact) mass is 441 g/mol. The SMILES string of the molecule is Cc1nn(-c2ccc(F)cc2)c(C)c1C(=O)NCCN1CCN(C(=O)C2CCCC2)CC1. The fourth-order valence-corrected chi connectivity index (χ4v) is 4.84. The molecule has 7 nitrogen and oxygen atoms in total. The fourth-order valence-electron chi connectivity index (χ4n) is 4.84. The number of rotatable bonds is 6. The molecule has 2 aromatic rings. The lowest BCUT2D eigenvalue weighted by Gasteiger charge is -2.36. The summed E-state index contributed by atoms with van der Waals surface area (Å²) in [6.07, 6.45) is 4.44. The standard InChI is InChI=1S/C24H32FN5O2/c1-17-22(18(2)30(27-17)21-9-7-20(25)8-10-21)23(31)26-11-12-28-13-15-29(16-14-28)24(32)19-5-3-4-6-19/h7-10,19H,3-6,11-16H2,1-2H3,(H,26,31). The van der Waals surface area contributed by atoms with Gasteiger partial charge in [0.05, 0.1) is 22.6 Å². The third-order valence-electron chi connectivity index (χ3n) is 6.69. The number of halogens is 1. The zero-order chi connectivity index (χ0) is 22.7. The highest BCUT2D eigenvalue weighted by Crippen LogP contribution is 2.27. The van der Waals surface area contributed by atoms with Crippen molar-refractivity contribution in [2.45, 2.75) is 39.5 Å². The Morgan fingerprint density at radius 3 is 2.38 bits per heavy atom. The number of aromatic nitrogens is 2. The van der Waals surface area contributed by atoms with Crippen molar-refractivity contribution in [1.29, 1.82) is 0 Å². The van der Waals surface area contributed by atoms with Gasteiger partial charge in [-0.1, -0.05) is 12.8 Å². The molecule has 0 spiro atoms. The van der Waals surface area contributed by atoms with Gasteiger partial charge in [0.25, 0.3) is 5.91 Å². The molecule has 2 fully saturated rings. The van der Waals surface area contributed by atoms with Gasteiger partial charge in [0, 0.05) is 45.2 Å². The summed E-state index contributed by atoms with van der Waals surface area (Å²) in [4.78, 5) is 29.7. The molecule has 1 aliphatic carbocycles. The largest absolute Gasteiger partial charge is 0.351 e. The van der Waals surface area contributed by atoms with Crippen LogP contribution in [-0.4, -0.2) is 70.7 Å². The molecule has 2 aliphatic rings. The molecule has 8 heteroatoms. The molecule has 1 saturated carbocycles. The molecule has 32 heavy (non-hydrogen) atoms. The zero-order valence-corrected chi connectivity index (χ0v) is 18.9. The van der Waals surface area contributed by atoms with Gasteiger partial charge in [0.15, 0.2) is 0 Å². The van der Waals surface area contributed by atoms with Crippen LogP contribution in [0.2, 0.25) is 0 Å². The summed E-state index contributed by atoms with van der Waals surface area (Å²) in [7, 11) is 0. The van der Waals surface area contributed by atoms with Crippen molar-refractivity contribution < 1.29 is 14.0 Å². The molecule has 0 bridgehead atoms. The number of amides is 2. The van der Waals surface area contributed by atoms with Crippen LogP contribution in [-0.2, 0) is 4.79 Å². The Kier molecular flexibility index (Phi) is 6.89. The number of benzene rings is 1. The third kappa shape index (κ3) is 4.85. The van der Waals surface area contributed by atoms with Crippen LogP contribution in [0.3, 0.4) is 0 Å². The molecular weight excluding hydrogens is 409 g/mol. The van der Waals surface area contributed by atoms with Crippen LogP contribution < -0.4 is 5.32 Å². The number of carbonyl (C=O) groups is 2. The summed E-state index contributed by atoms with van der Waals surface area (Å²) >= 11 is 0. The first-order valence-corrected chi connectivity index (χ1v) is 11.6. The minimum atomic E-state index is -0.308. The first kappa shape index (κ1) is 22.5. The number of carbonyl (C=O) groups excluding carboxylic acids is 2. The summed E-state index contributed by atoms with van der Waals surface area (Å²) in [5.74, 6) is 0.114. The van der Waals surface area contributed by atoms with Gasteiger partial charge >= 0.3 is 0 Å². The average molecular weight is 442 g/mol. The van der Waals surface area contributed by atoms with Gasteiger partial charge in [-0.25, -0.2) is 9.07 Å². The van der Waals surface area contributed by atoms with Gasteiger partial charge in [-0.3, -0.25) is 14.5 Å². The molecule has 1 aliphatic heterocycles. The Morgan fingerprint density at radius 2 is 1.72 bits per heavy atom. The minimum Gasteiger partial charge on any atom is -0.351 e. The predicted octanol–water partition coefficient (Wildman–Crippen LogP) is 2.69. The molecule has 4 rings (SSSR count). The van der Waals surface area contributed by atoms with E-state index in [-0.39, 0.29) is 17.6 Å². The van der Waals surface area contributed by atoms with Gasteiger partial charge in [0.2, 0.25) is 5.91 Å². The van der Waals surface area contributed by atoms with Gasteiger partial charge < -0.3 is 10.2 Å². The number of nitrogens with one attached hydrogen (secondary N) is 1. The van der Waals surface area contributed by atoms with E-state index in [9.17, 15) is 14.0 Å². The lowest BCUT2D eigenvalue weighted by molar-refractivity contribution is -0.137. The third-order valence-corrected chi connectivity index (χ3v) is 6.69. The van der Waals surface area contributed by atoms with E-state index in [2.05, 4.69) is 15.3 Å². The van der Waals surface area contributed by atoms with Gasteiger partial charge in [-0.15, -0.1) is 0 Å². The van der Waals surface area contributed by atoms with Crippen LogP contribution in [0.5, 0.6) is 0 Å². The maximum absolute atomic E-state index is 13.2. The fraction of sp³-hybridized carbons (Fsp3) is 0.542. The predicted molar refractivity (Wildman–Crippen MR) is 120 cm³/mol. The van der Waals surface area contributed by atoms with Crippen LogP contribution in [0.4, 0.5) is 4.39 Å². The average Bonchev–Trinajstić information content (AvgIpc) is 3.42. The van der Waals surface area contributed by atoms with Crippen LogP contribution in [0.1, 0.15) is 47.4 Å². The number of aryl methyl sites for hydroxylation is 1. The van der Waals surface area contributed by atoms with Crippen LogP contribution in [0.25, 0.3) is 5.69 Å². The summed E-state index contributed by atoms with van der Waals surface area (Å²) in [5, 5.41) is 7.48. The Morgan fingerprint density at radius 1 is 1.06 bits per heavy atom. The normalized spacial score (nSPS) is 17.7. The smallest absolute Gasteiger partial charge is 0.255 e. The van der Waals surface area contributed by atoms with Crippen LogP contribution >= 0.6 is 0 Å². The van der Waals surface area contributed by atoms with E-state index < -0.39 is 0 Å². The van der Waals surface area contributed by atoms with E-state index in [0.29, 0.717) is 23.7 Å². The van der Waals surface area contributed by atoms with Crippen molar-refractivity contribution in [1.82, 2.24) is 24.9 Å². The number of piperazine rings is 1. The van der Waals surface area contributed by atoms with E-state index in [1.54, 1.807) is 16.8 Å². The highest BCUT2D eigenvalue weighted by Gasteiger charge is 2.29. The topological polar surface area (TPSA) is 70.5 Å². The lowest BCUT2D eigenvalue weighted by atomic mass is 10.1. The second-order valence-electron chi connectivity index (χ2n) is 8.84. The van der Waals surface area contributed by atoms with Crippen molar-refractivity contribution in [2.75, 3.05) is 39.3 Å². The quantitative estimate of drug-likeness (QED) is 0.748. The summed E-state index contributed by atoms with van der Waals surface area (Å²) in [6, 6.07) is 6.06. The van der Waals surface area contributed by atoms with Gasteiger partial charge in [-0.2, -0.15) is 5.10 Å². The number of hydrogen-bond acceptors (Lipinski definition) is 4. The Balaban J connectivity index is 1.27. The number of nitrogens with zero attached hydrogens (tertiary/aromatic N) is 4. The molecule has 1 N–H and O–H groups in total. The van der Waals surface area contributed by atoms with E-state index >= 15 is 0 Å². The van der Waals surface area contributed by atoms with Crippen molar-refractivity contribution in [3.05, 3.63) is 47.0 Å². The second kappa shape index (κ2) is 9.81. The first-order valence-electron chi connectivity index (χ1n) is 11.6. The molecular formula is C24H32FN5O2. The minimum absolute atomic E-state index is 0.150. The van der Waals surface area contributed by atoms with Crippen molar-refractivity contribution in [2.24, 2.45) is 5.92 Å². The molecule has 2 heterocycles. The Labute approximate surface area is 188 Å². The van der Waals surface area contributed by atoms with E-state index in [1.807, 2.05) is 18.7 Å². The Hall–Kier alpha value is -2.74. The summed E-state index contributed by atoms with van der Waals surface area (Å²) in [5.41, 5.74) is 2.64. The lowest BCUT2D eigenvalue weighted by Crippen LogP contribution is -2.51. The highest BCUT2D eigenvalue weighted by molar-refractivity contribution is 5.96. The van der Waals surface area contributed by atoms with Gasteiger partial charge in [-0.05, 0) is 51.0 Å². The van der Waals surface area contributed by atoms with Crippen LogP contribution in [0.15, 0.2) is 24.3 Å². The molecule has 0 unspecified atom stereocenters. The van der Waals surface area contributed by atoms with Crippen molar-refractivity contribution in [3.63, 3.8) is 0 Å². The van der Waals surface area contributed by atoms with Crippen molar-refractivity contribution in [3.8, 4) is 5.69 Å². The molecule has 0 radical (unpaired) electrons. The maximum atomic E-state index is 13.2. The molecule has 2 amide bonds. The van der Waals surface area contributed by atoms with Gasteiger partial charge in [0.1, 0.15) is 5.82 Å². The first-order chi connectivity index (χ1) is 15.4. The van der Waals surface area contributed by atoms with E-state index in [1.165, 1.54) is 25.0 Å². The van der Waals surface area contributed by atoms with E-state index in [0.717, 1.165) is 56.9 Å². The highest BCUT2D eigenvalue weighted by atomic mass is 19.1. The molecule has 1 aromatic carbocycles. The van der Waals surface area contributed by atoms with Crippen molar-refractivity contribution >= 4 is 11.8 Å². The molecule has 0 atom stereocenters. The number of hydrogen-bond donors (Lipinski definition) is 1. The molecule has 1 aromatic heterocycles.